The lowest BCUT2D eigenvalue weighted by atomic mass is 10.1. The molecule has 30 heavy (non-hydrogen) atoms. The van der Waals surface area contributed by atoms with Crippen molar-refractivity contribution in [3.8, 4) is 11.5 Å². The van der Waals surface area contributed by atoms with Crippen molar-refractivity contribution in [2.75, 3.05) is 7.11 Å². The zero-order chi connectivity index (χ0) is 22.5. The Balaban J connectivity index is 2.36. The largest absolute Gasteiger partial charge is 0.494 e. The Kier molecular flexibility index (Phi) is 7.83. The summed E-state index contributed by atoms with van der Waals surface area (Å²) in [6, 6.07) is 9.88. The smallest absolute Gasteiger partial charge is 0.339 e. The maximum Gasteiger partial charge on any atom is 0.339 e. The number of hydrogen-bond donors (Lipinski definition) is 0. The first kappa shape index (κ1) is 23.7. The first-order valence-corrected chi connectivity index (χ1v) is 11.2. The van der Waals surface area contributed by atoms with Crippen LogP contribution >= 0.6 is 0 Å². The lowest BCUT2D eigenvalue weighted by molar-refractivity contribution is -0.137. The summed E-state index contributed by atoms with van der Waals surface area (Å²) in [5.41, 5.74) is 0.546. The second-order valence-corrected chi connectivity index (χ2v) is 8.87. The van der Waals surface area contributed by atoms with E-state index < -0.39 is 15.9 Å². The molecule has 8 heteroatoms. The first-order chi connectivity index (χ1) is 14.1. The molecule has 2 aromatic carbocycles. The van der Waals surface area contributed by atoms with Gasteiger partial charge in [0.2, 0.25) is 5.91 Å². The van der Waals surface area contributed by atoms with Gasteiger partial charge in [-0.3, -0.25) is 4.79 Å². The third kappa shape index (κ3) is 5.50. The molecule has 164 valence electrons. The van der Waals surface area contributed by atoms with Crippen LogP contribution < -0.4 is 8.92 Å². The third-order valence-corrected chi connectivity index (χ3v) is 6.05. The van der Waals surface area contributed by atoms with Crippen LogP contribution in [0.5, 0.6) is 11.5 Å². The number of carbonyl (C=O) groups is 1. The van der Waals surface area contributed by atoms with Crippen LogP contribution in [0, 0.1) is 11.7 Å². The Morgan fingerprint density at radius 3 is 2.33 bits per heavy atom. The molecule has 0 spiro atoms. The Morgan fingerprint density at radius 2 is 1.77 bits per heavy atom. The number of carbonyl (C=O) groups excluding carboxylic acids is 1. The Hall–Kier alpha value is -2.61. The lowest BCUT2D eigenvalue weighted by Crippen LogP contribution is -2.40. The Morgan fingerprint density at radius 1 is 1.10 bits per heavy atom. The van der Waals surface area contributed by atoms with Gasteiger partial charge >= 0.3 is 10.1 Å². The monoisotopic (exact) mass is 437 g/mol. The second-order valence-electron chi connectivity index (χ2n) is 7.32. The maximum absolute atomic E-state index is 14.0. The molecule has 0 bridgehead atoms. The van der Waals surface area contributed by atoms with Gasteiger partial charge in [0, 0.05) is 24.1 Å². The standard InChI is InChI=1S/C22H28FNO5S/c1-6-16(4)24(22(25)15(2)3)14-17-9-7-8-10-20(17)29-30(26,27)18-11-12-21(28-5)19(23)13-18/h7-13,15-16H,6,14H2,1-5H3/t16-/m0/s1. The van der Waals surface area contributed by atoms with E-state index in [9.17, 15) is 17.6 Å². The van der Waals surface area contributed by atoms with Crippen LogP contribution in [0.15, 0.2) is 47.4 Å². The molecule has 6 nitrogen and oxygen atoms in total. The lowest BCUT2D eigenvalue weighted by Gasteiger charge is -2.31. The molecule has 0 fully saturated rings. The van der Waals surface area contributed by atoms with Gasteiger partial charge in [-0.1, -0.05) is 39.0 Å². The zero-order valence-corrected chi connectivity index (χ0v) is 18.7. The maximum atomic E-state index is 14.0. The van der Waals surface area contributed by atoms with E-state index in [0.717, 1.165) is 12.5 Å². The van der Waals surface area contributed by atoms with E-state index in [1.165, 1.54) is 25.3 Å². The summed E-state index contributed by atoms with van der Waals surface area (Å²) in [4.78, 5) is 14.1. The topological polar surface area (TPSA) is 72.9 Å². The highest BCUT2D eigenvalue weighted by Gasteiger charge is 2.25. The number of rotatable bonds is 9. The van der Waals surface area contributed by atoms with E-state index in [1.54, 1.807) is 23.1 Å². The average molecular weight is 438 g/mol. The second kappa shape index (κ2) is 9.93. The molecule has 1 amide bonds. The molecule has 0 saturated carbocycles. The molecule has 0 aliphatic carbocycles. The number of para-hydroxylation sites is 1. The minimum absolute atomic E-state index is 0.0275. The molecule has 0 unspecified atom stereocenters. The zero-order valence-electron chi connectivity index (χ0n) is 17.9. The van der Waals surface area contributed by atoms with Crippen LogP contribution in [0.4, 0.5) is 4.39 Å². The predicted molar refractivity (Wildman–Crippen MR) is 112 cm³/mol. The van der Waals surface area contributed by atoms with Gasteiger partial charge < -0.3 is 13.8 Å². The van der Waals surface area contributed by atoms with Gasteiger partial charge in [-0.15, -0.1) is 0 Å². The van der Waals surface area contributed by atoms with Crippen molar-refractivity contribution in [1.82, 2.24) is 4.90 Å². The number of amides is 1. The fourth-order valence-electron chi connectivity index (χ4n) is 2.87. The van der Waals surface area contributed by atoms with E-state index >= 15 is 0 Å². The number of ether oxygens (including phenoxy) is 1. The van der Waals surface area contributed by atoms with Crippen molar-refractivity contribution in [2.24, 2.45) is 5.92 Å². The SMILES string of the molecule is CC[C@H](C)N(Cc1ccccc1OS(=O)(=O)c1ccc(OC)c(F)c1)C(=O)C(C)C. The highest BCUT2D eigenvalue weighted by Crippen LogP contribution is 2.27. The molecule has 0 aliphatic rings. The third-order valence-electron chi connectivity index (χ3n) is 4.82. The van der Waals surface area contributed by atoms with Crippen molar-refractivity contribution < 1.29 is 26.5 Å². The molecule has 1 atom stereocenters. The van der Waals surface area contributed by atoms with Crippen molar-refractivity contribution in [3.63, 3.8) is 0 Å². The highest BCUT2D eigenvalue weighted by atomic mass is 32.2. The minimum atomic E-state index is -4.28. The van der Waals surface area contributed by atoms with Gasteiger partial charge in [0.15, 0.2) is 11.6 Å². The number of nitrogens with zero attached hydrogens (tertiary/aromatic N) is 1. The summed E-state index contributed by atoms with van der Waals surface area (Å²) < 4.78 is 49.5. The van der Waals surface area contributed by atoms with Gasteiger partial charge in [-0.2, -0.15) is 8.42 Å². The fourth-order valence-corrected chi connectivity index (χ4v) is 3.85. The van der Waals surface area contributed by atoms with E-state index in [2.05, 4.69) is 0 Å². The summed E-state index contributed by atoms with van der Waals surface area (Å²) in [6.07, 6.45) is 0.755. The van der Waals surface area contributed by atoms with Crippen LogP contribution in [0.3, 0.4) is 0 Å². The molecular formula is C22H28FNO5S. The van der Waals surface area contributed by atoms with Crippen LogP contribution in [0.1, 0.15) is 39.7 Å². The number of methoxy groups -OCH3 is 1. The van der Waals surface area contributed by atoms with E-state index in [4.69, 9.17) is 8.92 Å². The van der Waals surface area contributed by atoms with Crippen LogP contribution in [0.25, 0.3) is 0 Å². The van der Waals surface area contributed by atoms with Gasteiger partial charge in [0.25, 0.3) is 0 Å². The van der Waals surface area contributed by atoms with Crippen molar-refractivity contribution in [1.29, 1.82) is 0 Å². The molecule has 2 rings (SSSR count). The van der Waals surface area contributed by atoms with Crippen LogP contribution in [-0.4, -0.2) is 32.4 Å². The van der Waals surface area contributed by atoms with Crippen molar-refractivity contribution >= 4 is 16.0 Å². The highest BCUT2D eigenvalue weighted by molar-refractivity contribution is 7.87. The summed E-state index contributed by atoms with van der Waals surface area (Å²) in [5.74, 6) is -0.998. The van der Waals surface area contributed by atoms with Gasteiger partial charge in [-0.25, -0.2) is 4.39 Å². The van der Waals surface area contributed by atoms with Crippen molar-refractivity contribution in [3.05, 3.63) is 53.8 Å². The minimum Gasteiger partial charge on any atom is -0.494 e. The quantitative estimate of drug-likeness (QED) is 0.544. The van der Waals surface area contributed by atoms with Gasteiger partial charge in [0.05, 0.1) is 7.11 Å². The molecule has 0 aliphatic heterocycles. The van der Waals surface area contributed by atoms with Crippen molar-refractivity contribution in [2.45, 2.75) is 51.6 Å². The van der Waals surface area contributed by atoms with Crippen LogP contribution in [0.2, 0.25) is 0 Å². The van der Waals surface area contributed by atoms with E-state index in [1.807, 2.05) is 27.7 Å². The summed E-state index contributed by atoms with van der Waals surface area (Å²) in [6.45, 7) is 7.78. The molecule has 0 N–H and O–H groups in total. The Labute approximate surface area is 177 Å². The molecule has 2 aromatic rings. The fraction of sp³-hybridized carbons (Fsp3) is 0.409. The molecule has 0 radical (unpaired) electrons. The van der Waals surface area contributed by atoms with E-state index in [-0.39, 0.29) is 40.8 Å². The average Bonchev–Trinajstić information content (AvgIpc) is 2.71. The Bertz CT molecular complexity index is 991. The number of halogens is 1. The molecule has 0 aromatic heterocycles. The summed E-state index contributed by atoms with van der Waals surface area (Å²) >= 11 is 0. The van der Waals surface area contributed by atoms with Crippen LogP contribution in [-0.2, 0) is 21.5 Å². The molecular weight excluding hydrogens is 409 g/mol. The van der Waals surface area contributed by atoms with Gasteiger partial charge in [0.1, 0.15) is 10.6 Å². The van der Waals surface area contributed by atoms with E-state index in [0.29, 0.717) is 5.56 Å². The molecule has 0 saturated heterocycles. The number of hydrogen-bond acceptors (Lipinski definition) is 5. The normalized spacial score (nSPS) is 12.5. The predicted octanol–water partition coefficient (Wildman–Crippen LogP) is 4.39. The summed E-state index contributed by atoms with van der Waals surface area (Å²) in [5, 5.41) is 0. The number of benzene rings is 2. The summed E-state index contributed by atoms with van der Waals surface area (Å²) in [7, 11) is -2.99. The van der Waals surface area contributed by atoms with Gasteiger partial charge in [-0.05, 0) is 37.6 Å². The first-order valence-electron chi connectivity index (χ1n) is 9.77. The molecule has 0 heterocycles.